The molecule has 0 spiro atoms. The number of carbonyl (C=O) groups is 6. The Labute approximate surface area is 430 Å². The fourth-order valence-electron chi connectivity index (χ4n) is 9.39. The minimum atomic E-state index is -1.55. The molecule has 6 aromatic rings. The number of hydrogen-bond donors (Lipinski definition) is 3. The number of fused-ring (bicyclic) bond motifs is 1. The van der Waals surface area contributed by atoms with Crippen LogP contribution in [0.15, 0.2) is 121 Å². The van der Waals surface area contributed by atoms with Crippen molar-refractivity contribution in [2.45, 2.75) is 48.0 Å². The first kappa shape index (κ1) is 53.3. The number of ether oxygens (including phenoxy) is 3. The van der Waals surface area contributed by atoms with Crippen molar-refractivity contribution in [2.75, 3.05) is 73.8 Å². The van der Waals surface area contributed by atoms with Crippen LogP contribution < -0.4 is 14.7 Å². The highest BCUT2D eigenvalue weighted by Gasteiger charge is 2.42. The molecule has 0 fully saturated rings. The SMILES string of the molecule is CCN(CC)c1ccc(C(=O)c2ccccc2C(=O)OCC2(COC(=O)c3ccccc3C(=O)c3ccc(N(CC)CC)cc3O)COC(=O)c3c(cccc3C(=O)c3ccc(N(CC)CC)cc3O)C2)c(O)c1. The molecule has 1 aliphatic heterocycles. The van der Waals surface area contributed by atoms with E-state index in [9.17, 15) is 44.1 Å². The molecule has 0 radical (unpaired) electrons. The van der Waals surface area contributed by atoms with Crippen molar-refractivity contribution in [1.29, 1.82) is 0 Å². The number of hydrogen-bond acceptors (Lipinski definition) is 15. The molecular weight excluding hydrogens is 943 g/mol. The molecule has 1 aliphatic rings. The summed E-state index contributed by atoms with van der Waals surface area (Å²) in [4.78, 5) is 91.1. The molecule has 3 N–H and O–H groups in total. The Bertz CT molecular complexity index is 2970. The summed E-state index contributed by atoms with van der Waals surface area (Å²) in [5.74, 6) is -5.59. The molecule has 384 valence electrons. The van der Waals surface area contributed by atoms with E-state index in [0.717, 1.165) is 0 Å². The number of aromatic hydroxyl groups is 3. The first-order valence-electron chi connectivity index (χ1n) is 24.8. The number of phenolic OH excluding ortho intramolecular Hbond substituents is 3. The lowest BCUT2D eigenvalue weighted by Gasteiger charge is -2.31. The van der Waals surface area contributed by atoms with E-state index in [1.807, 2.05) is 56.2 Å². The van der Waals surface area contributed by atoms with Crippen molar-refractivity contribution < 1.29 is 58.3 Å². The van der Waals surface area contributed by atoms with E-state index in [4.69, 9.17) is 14.2 Å². The van der Waals surface area contributed by atoms with Crippen LogP contribution >= 0.6 is 0 Å². The summed E-state index contributed by atoms with van der Waals surface area (Å²) in [6.07, 6.45) is -0.163. The second-order valence-corrected chi connectivity index (χ2v) is 17.9. The number of nitrogens with zero attached hydrogens (tertiary/aromatic N) is 3. The molecule has 1 heterocycles. The number of cyclic esters (lactones) is 1. The van der Waals surface area contributed by atoms with Crippen molar-refractivity contribution in [2.24, 2.45) is 5.41 Å². The van der Waals surface area contributed by atoms with Gasteiger partial charge in [0.15, 0.2) is 17.3 Å². The van der Waals surface area contributed by atoms with Crippen LogP contribution in [0, 0.1) is 5.41 Å². The predicted molar refractivity (Wildman–Crippen MR) is 282 cm³/mol. The Balaban J connectivity index is 1.22. The summed E-state index contributed by atoms with van der Waals surface area (Å²) in [5, 5.41) is 33.2. The summed E-state index contributed by atoms with van der Waals surface area (Å²) in [7, 11) is 0. The van der Waals surface area contributed by atoms with Gasteiger partial charge in [-0.25, -0.2) is 14.4 Å². The molecule has 0 amide bonds. The van der Waals surface area contributed by atoms with Gasteiger partial charge in [-0.3, -0.25) is 14.4 Å². The van der Waals surface area contributed by atoms with Crippen molar-refractivity contribution in [1.82, 2.24) is 0 Å². The highest BCUT2D eigenvalue weighted by molar-refractivity contribution is 6.18. The standard InChI is InChI=1S/C59H61N3O12/c1-7-60(8-2)38-24-27-45(49(63)30-38)53(66)41-19-13-15-21-43(41)56(69)72-34-59(35-73-57(70)44-22-16-14-20-42(44)54(67)46-28-25-39(31-50(46)64)61(9-3)10-4)33-37-18-17-23-48(52(37)58(71)74-36-59)55(68)47-29-26-40(32-51(47)65)62(11-5)12-6/h13-32,63-65H,7-12,33-36H2,1-6H3. The van der Waals surface area contributed by atoms with E-state index < -0.39 is 60.5 Å². The molecule has 0 saturated carbocycles. The summed E-state index contributed by atoms with van der Waals surface area (Å²) < 4.78 is 17.9. The Morgan fingerprint density at radius 1 is 0.473 bits per heavy atom. The van der Waals surface area contributed by atoms with Crippen LogP contribution in [0.5, 0.6) is 17.2 Å². The number of benzene rings is 6. The average Bonchev–Trinajstić information content (AvgIpc) is 3.56. The van der Waals surface area contributed by atoms with Crippen LogP contribution in [0.1, 0.15) is 126 Å². The normalized spacial score (nSPS) is 12.6. The van der Waals surface area contributed by atoms with Gasteiger partial charge in [-0.05, 0) is 102 Å². The zero-order valence-corrected chi connectivity index (χ0v) is 42.5. The largest absolute Gasteiger partial charge is 0.507 e. The second-order valence-electron chi connectivity index (χ2n) is 17.9. The number of anilines is 3. The number of phenols is 3. The van der Waals surface area contributed by atoms with Crippen LogP contribution in [0.2, 0.25) is 0 Å². The number of ketones is 3. The molecule has 15 nitrogen and oxygen atoms in total. The molecule has 74 heavy (non-hydrogen) atoms. The van der Waals surface area contributed by atoms with Crippen molar-refractivity contribution in [3.8, 4) is 17.2 Å². The smallest absolute Gasteiger partial charge is 0.339 e. The third-order valence-electron chi connectivity index (χ3n) is 13.5. The third kappa shape index (κ3) is 11.1. The van der Waals surface area contributed by atoms with E-state index in [0.29, 0.717) is 56.3 Å². The molecule has 0 bridgehead atoms. The Morgan fingerprint density at radius 2 is 0.824 bits per heavy atom. The lowest BCUT2D eigenvalue weighted by Crippen LogP contribution is -2.40. The molecule has 15 heteroatoms. The van der Waals surface area contributed by atoms with Gasteiger partial charge < -0.3 is 44.2 Å². The van der Waals surface area contributed by atoms with Gasteiger partial charge in [0.1, 0.15) is 37.1 Å². The Hall–Kier alpha value is -8.46. The van der Waals surface area contributed by atoms with Gasteiger partial charge in [0, 0.05) is 91.2 Å². The lowest BCUT2D eigenvalue weighted by atomic mass is 9.81. The first-order valence-corrected chi connectivity index (χ1v) is 24.8. The van der Waals surface area contributed by atoms with Crippen LogP contribution in [-0.4, -0.2) is 110 Å². The van der Waals surface area contributed by atoms with Gasteiger partial charge in [-0.2, -0.15) is 0 Å². The quantitative estimate of drug-likeness (QED) is 0.0350. The van der Waals surface area contributed by atoms with Gasteiger partial charge in [0.05, 0.1) is 38.8 Å². The predicted octanol–water partition coefficient (Wildman–Crippen LogP) is 9.45. The lowest BCUT2D eigenvalue weighted by molar-refractivity contribution is -0.0337. The summed E-state index contributed by atoms with van der Waals surface area (Å²) in [5.41, 5.74) is 0.163. The number of carbonyl (C=O) groups excluding carboxylic acids is 6. The van der Waals surface area contributed by atoms with Crippen molar-refractivity contribution in [3.63, 3.8) is 0 Å². The van der Waals surface area contributed by atoms with E-state index in [-0.39, 0.29) is 79.3 Å². The minimum Gasteiger partial charge on any atom is -0.507 e. The number of esters is 3. The second kappa shape index (κ2) is 23.4. The average molecular weight is 1000 g/mol. The van der Waals surface area contributed by atoms with E-state index >= 15 is 0 Å². The highest BCUT2D eigenvalue weighted by atomic mass is 16.6. The summed E-state index contributed by atoms with van der Waals surface area (Å²) in [6, 6.07) is 30.6. The third-order valence-corrected chi connectivity index (χ3v) is 13.5. The zero-order chi connectivity index (χ0) is 53.3. The van der Waals surface area contributed by atoms with E-state index in [2.05, 4.69) is 0 Å². The monoisotopic (exact) mass is 1000 g/mol. The van der Waals surface area contributed by atoms with Crippen molar-refractivity contribution >= 4 is 52.3 Å². The maximum Gasteiger partial charge on any atom is 0.339 e. The zero-order valence-electron chi connectivity index (χ0n) is 42.5. The number of rotatable bonds is 21. The molecule has 0 unspecified atom stereocenters. The molecule has 7 rings (SSSR count). The van der Waals surface area contributed by atoms with Gasteiger partial charge in [0.2, 0.25) is 0 Å². The topological polar surface area (TPSA) is 201 Å². The van der Waals surface area contributed by atoms with E-state index in [1.165, 1.54) is 66.7 Å². The molecular formula is C59H61N3O12. The molecule has 0 aromatic heterocycles. The molecule has 6 aromatic carbocycles. The van der Waals surface area contributed by atoms with Gasteiger partial charge >= 0.3 is 17.9 Å². The van der Waals surface area contributed by atoms with Crippen LogP contribution in [0.4, 0.5) is 17.1 Å². The van der Waals surface area contributed by atoms with Gasteiger partial charge in [-0.1, -0.05) is 54.6 Å². The van der Waals surface area contributed by atoms with Crippen molar-refractivity contribution in [3.05, 3.63) is 177 Å². The fraction of sp³-hybridized carbons (Fsp3) is 0.288. The summed E-state index contributed by atoms with van der Waals surface area (Å²) in [6.45, 7) is 14.2. The van der Waals surface area contributed by atoms with Gasteiger partial charge in [0.25, 0.3) is 0 Å². The highest BCUT2D eigenvalue weighted by Crippen LogP contribution is 2.36. The van der Waals surface area contributed by atoms with E-state index in [1.54, 1.807) is 54.6 Å². The molecule has 0 saturated heterocycles. The Morgan fingerprint density at radius 3 is 1.19 bits per heavy atom. The van der Waals surface area contributed by atoms with Crippen LogP contribution in [-0.2, 0) is 20.6 Å². The van der Waals surface area contributed by atoms with Crippen LogP contribution in [0.3, 0.4) is 0 Å². The minimum absolute atomic E-state index is 0.0408. The van der Waals surface area contributed by atoms with Crippen LogP contribution in [0.25, 0.3) is 0 Å². The molecule has 0 atom stereocenters. The Kier molecular flexibility index (Phi) is 16.9. The van der Waals surface area contributed by atoms with Gasteiger partial charge in [-0.15, -0.1) is 0 Å². The molecule has 0 aliphatic carbocycles. The maximum atomic E-state index is 14.3. The summed E-state index contributed by atoms with van der Waals surface area (Å²) >= 11 is 0. The maximum absolute atomic E-state index is 14.3. The first-order chi connectivity index (χ1) is 35.6. The fourth-order valence-corrected chi connectivity index (χ4v) is 9.39.